The molecule has 3 aromatic rings. The van der Waals surface area contributed by atoms with E-state index < -0.39 is 10.9 Å². The number of benzene rings is 1. The van der Waals surface area contributed by atoms with Crippen LogP contribution in [0.1, 0.15) is 44.6 Å². The van der Waals surface area contributed by atoms with Crippen LogP contribution in [0.25, 0.3) is 0 Å². The van der Waals surface area contributed by atoms with Crippen LogP contribution in [0.15, 0.2) is 39.9 Å². The van der Waals surface area contributed by atoms with E-state index >= 15 is 0 Å². The molecule has 2 aromatic carbocycles. The van der Waals surface area contributed by atoms with Crippen LogP contribution in [0.4, 0.5) is 34.6 Å². The van der Waals surface area contributed by atoms with Gasteiger partial charge in [-0.25, -0.2) is 0 Å². The predicted octanol–water partition coefficient (Wildman–Crippen LogP) is 3.49. The van der Waals surface area contributed by atoms with Crippen molar-refractivity contribution in [2.24, 2.45) is 0 Å². The minimum Gasteiger partial charge on any atom is -0.378 e. The van der Waals surface area contributed by atoms with Crippen molar-refractivity contribution < 1.29 is 0 Å². The first kappa shape index (κ1) is 24.1. The van der Waals surface area contributed by atoms with Gasteiger partial charge in [0, 0.05) is 51.0 Å². The Bertz CT molecular complexity index is 1200. The van der Waals surface area contributed by atoms with Gasteiger partial charge in [0.2, 0.25) is 5.95 Å². The summed E-state index contributed by atoms with van der Waals surface area (Å²) in [6.07, 6.45) is 6.83. The topological polar surface area (TPSA) is 102 Å². The van der Waals surface area contributed by atoms with Crippen LogP contribution in [0, 0.1) is 0 Å². The van der Waals surface area contributed by atoms with E-state index in [-0.39, 0.29) is 0 Å². The molecule has 2 aliphatic heterocycles. The third kappa shape index (κ3) is 5.29. The Labute approximate surface area is 211 Å². The molecule has 0 amide bonds. The molecule has 0 aliphatic carbocycles. The van der Waals surface area contributed by atoms with Crippen molar-refractivity contribution in [1.29, 1.82) is 0 Å². The molecule has 9 heteroatoms. The highest BCUT2D eigenvalue weighted by atomic mass is 16.2. The quantitative estimate of drug-likeness (QED) is 0.276. The zero-order valence-corrected chi connectivity index (χ0v) is 21.0. The predicted molar refractivity (Wildman–Crippen MR) is 147 cm³/mol. The van der Waals surface area contributed by atoms with E-state index in [1.807, 2.05) is 30.3 Å². The Morgan fingerprint density at radius 1 is 0.806 bits per heavy atom. The van der Waals surface area contributed by atoms with Gasteiger partial charge < -0.3 is 25.8 Å². The maximum Gasteiger partial charge on any atom is 0.253 e. The van der Waals surface area contributed by atoms with Crippen molar-refractivity contribution in [2.75, 3.05) is 65.0 Å². The third-order valence-corrected chi connectivity index (χ3v) is 6.92. The van der Waals surface area contributed by atoms with E-state index in [9.17, 15) is 9.59 Å². The second kappa shape index (κ2) is 11.0. The van der Waals surface area contributed by atoms with E-state index in [4.69, 9.17) is 9.97 Å². The van der Waals surface area contributed by atoms with Crippen molar-refractivity contribution in [3.8, 4) is 0 Å². The van der Waals surface area contributed by atoms with Crippen molar-refractivity contribution in [3.05, 3.63) is 56.3 Å². The summed E-state index contributed by atoms with van der Waals surface area (Å²) in [7, 11) is 0. The molecular weight excluding hydrogens is 454 g/mol. The summed E-state index contributed by atoms with van der Waals surface area (Å²) in [6.45, 7) is 7.22. The highest BCUT2D eigenvalue weighted by Gasteiger charge is 2.22. The Balaban J connectivity index is 1.20. The normalized spacial score (nSPS) is 15.6. The lowest BCUT2D eigenvalue weighted by atomic mass is 10.1. The number of anilines is 6. The summed E-state index contributed by atoms with van der Waals surface area (Å²) < 4.78 is 0. The van der Waals surface area contributed by atoms with Gasteiger partial charge in [-0.05, 0) is 49.8 Å². The Hall–Kier alpha value is -3.62. The maximum absolute atomic E-state index is 12.2. The molecule has 3 heterocycles. The van der Waals surface area contributed by atoms with E-state index in [1.54, 1.807) is 0 Å². The molecule has 0 unspecified atom stereocenters. The Morgan fingerprint density at radius 2 is 1.44 bits per heavy atom. The van der Waals surface area contributed by atoms with Gasteiger partial charge in [-0.1, -0.05) is 25.5 Å². The number of aryl methyl sites for hydroxylation is 1. The molecule has 0 bridgehead atoms. The van der Waals surface area contributed by atoms with Crippen LogP contribution >= 0.6 is 0 Å². The molecule has 190 valence electrons. The van der Waals surface area contributed by atoms with E-state index in [1.165, 1.54) is 31.2 Å². The minimum absolute atomic E-state index is 0.331. The lowest BCUT2D eigenvalue weighted by Gasteiger charge is -2.22. The van der Waals surface area contributed by atoms with Crippen LogP contribution in [-0.2, 0) is 6.42 Å². The maximum atomic E-state index is 12.2. The summed E-state index contributed by atoms with van der Waals surface area (Å²) in [5.41, 5.74) is 1.77. The van der Waals surface area contributed by atoms with Gasteiger partial charge in [0.15, 0.2) is 0 Å². The van der Waals surface area contributed by atoms with Crippen molar-refractivity contribution >= 4 is 34.6 Å². The first-order valence-electron chi connectivity index (χ1n) is 13.2. The first-order valence-corrected chi connectivity index (χ1v) is 13.2. The summed E-state index contributed by atoms with van der Waals surface area (Å²) in [4.78, 5) is 38.5. The molecule has 5 rings (SSSR count). The molecule has 0 spiro atoms. The zero-order valence-electron chi connectivity index (χ0n) is 21.0. The molecule has 0 radical (unpaired) electrons. The van der Waals surface area contributed by atoms with Gasteiger partial charge in [0.05, 0.1) is 0 Å². The number of hydrogen-bond donors (Lipinski definition) is 3. The fraction of sp³-hybridized carbons (Fsp3) is 0.481. The fourth-order valence-electron chi connectivity index (χ4n) is 4.92. The van der Waals surface area contributed by atoms with Crippen molar-refractivity contribution in [2.45, 2.75) is 45.4 Å². The van der Waals surface area contributed by atoms with Crippen LogP contribution in [-0.4, -0.2) is 49.2 Å². The SMILES string of the molecule is CCCc1ccc(Nc2c(NCCNc3cc(N4CCCC4)nc(N4CCCC4)n3)c(=O)c2=O)cc1. The molecule has 3 N–H and O–H groups in total. The summed E-state index contributed by atoms with van der Waals surface area (Å²) in [6, 6.07) is 9.99. The van der Waals surface area contributed by atoms with Crippen molar-refractivity contribution in [1.82, 2.24) is 9.97 Å². The van der Waals surface area contributed by atoms with Crippen LogP contribution < -0.4 is 36.6 Å². The number of rotatable bonds is 11. The highest BCUT2D eigenvalue weighted by Crippen LogP contribution is 2.26. The molecule has 2 fully saturated rings. The Morgan fingerprint density at radius 3 is 2.14 bits per heavy atom. The van der Waals surface area contributed by atoms with Crippen molar-refractivity contribution in [3.63, 3.8) is 0 Å². The molecule has 2 saturated heterocycles. The number of nitrogens with one attached hydrogen (secondary N) is 3. The van der Waals surface area contributed by atoms with Gasteiger partial charge in [-0.2, -0.15) is 9.97 Å². The number of aromatic nitrogens is 2. The minimum atomic E-state index is -0.482. The molecule has 36 heavy (non-hydrogen) atoms. The number of nitrogens with zero attached hydrogens (tertiary/aromatic N) is 4. The standard InChI is InChI=1S/C27H35N7O2/c1-2-7-19-8-10-20(11-9-19)30-24-23(25(35)26(24)36)29-13-12-28-21-18-22(33-14-3-4-15-33)32-27(31-21)34-16-5-6-17-34/h8-11,18,29-30H,2-7,12-17H2,1H3,(H,28,31,32). The van der Waals surface area contributed by atoms with Gasteiger partial charge in [0.25, 0.3) is 10.9 Å². The molecule has 2 aliphatic rings. The van der Waals surface area contributed by atoms with E-state index in [0.29, 0.717) is 24.5 Å². The monoisotopic (exact) mass is 489 g/mol. The second-order valence-corrected chi connectivity index (χ2v) is 9.63. The Kier molecular flexibility index (Phi) is 7.34. The van der Waals surface area contributed by atoms with Gasteiger partial charge in [-0.15, -0.1) is 0 Å². The van der Waals surface area contributed by atoms with Crippen LogP contribution in [0.5, 0.6) is 0 Å². The van der Waals surface area contributed by atoms with E-state index in [0.717, 1.165) is 62.3 Å². The van der Waals surface area contributed by atoms with Crippen LogP contribution in [0.2, 0.25) is 0 Å². The second-order valence-electron chi connectivity index (χ2n) is 9.63. The lowest BCUT2D eigenvalue weighted by molar-refractivity contribution is 0.870. The third-order valence-electron chi connectivity index (χ3n) is 6.92. The van der Waals surface area contributed by atoms with Gasteiger partial charge in [0.1, 0.15) is 23.0 Å². The largest absolute Gasteiger partial charge is 0.378 e. The molecule has 0 atom stereocenters. The van der Waals surface area contributed by atoms with Gasteiger partial charge >= 0.3 is 0 Å². The average Bonchev–Trinajstić information content (AvgIpc) is 3.63. The summed E-state index contributed by atoms with van der Waals surface area (Å²) in [5, 5.41) is 9.62. The van der Waals surface area contributed by atoms with E-state index in [2.05, 4.69) is 32.7 Å². The van der Waals surface area contributed by atoms with Crippen LogP contribution in [0.3, 0.4) is 0 Å². The molecule has 1 aromatic heterocycles. The first-order chi connectivity index (χ1) is 17.6. The summed E-state index contributed by atoms with van der Waals surface area (Å²) in [5.74, 6) is 2.54. The smallest absolute Gasteiger partial charge is 0.253 e. The average molecular weight is 490 g/mol. The fourth-order valence-corrected chi connectivity index (χ4v) is 4.92. The highest BCUT2D eigenvalue weighted by molar-refractivity contribution is 5.78. The molecule has 9 nitrogen and oxygen atoms in total. The molecular formula is C27H35N7O2. The zero-order chi connectivity index (χ0) is 24.9. The number of hydrogen-bond acceptors (Lipinski definition) is 9. The van der Waals surface area contributed by atoms with Gasteiger partial charge in [-0.3, -0.25) is 9.59 Å². The molecule has 0 saturated carbocycles. The summed E-state index contributed by atoms with van der Waals surface area (Å²) >= 11 is 0. The lowest BCUT2D eigenvalue weighted by Crippen LogP contribution is -2.37.